The molecule has 1 heterocycles. The van der Waals surface area contributed by atoms with E-state index in [4.69, 9.17) is 22.1 Å². The summed E-state index contributed by atoms with van der Waals surface area (Å²) >= 11 is 0. The summed E-state index contributed by atoms with van der Waals surface area (Å²) in [5, 5.41) is 8.35. The number of hydrogen-bond donors (Lipinski definition) is 0. The standard InChI is InChI=1S/C25H38BN3O4/c1-19(2)33-25(5,6)14-16-31-24(3,4)13-15-29-18-21(27-28-29)9-12-23(30)32-22-10-7-20(17-26)8-11-22/h7-8,10-11,18-19H,9,12-17H2,1-6H3. The van der Waals surface area contributed by atoms with Gasteiger partial charge in [0.15, 0.2) is 0 Å². The van der Waals surface area contributed by atoms with Gasteiger partial charge in [-0.3, -0.25) is 9.48 Å². The van der Waals surface area contributed by atoms with Crippen molar-refractivity contribution in [2.75, 3.05) is 6.61 Å². The molecule has 0 fully saturated rings. The average molecular weight is 455 g/mol. The second-order valence-electron chi connectivity index (χ2n) is 9.83. The van der Waals surface area contributed by atoms with E-state index in [0.717, 1.165) is 24.1 Å². The van der Waals surface area contributed by atoms with Gasteiger partial charge in [0.1, 0.15) is 5.75 Å². The molecule has 0 saturated carbocycles. The quantitative estimate of drug-likeness (QED) is 0.241. The molecule has 0 aliphatic rings. The number of nitrogens with zero attached hydrogens (tertiary/aromatic N) is 3. The SMILES string of the molecule is [B]Cc1ccc(OC(=O)CCc2cn(CCC(C)(C)OCCC(C)(C)OC(C)C)nn2)cc1. The highest BCUT2D eigenvalue weighted by Gasteiger charge is 2.23. The van der Waals surface area contributed by atoms with Gasteiger partial charge in [0.25, 0.3) is 0 Å². The van der Waals surface area contributed by atoms with Crippen molar-refractivity contribution in [3.05, 3.63) is 41.7 Å². The molecule has 0 amide bonds. The highest BCUT2D eigenvalue weighted by Crippen LogP contribution is 2.21. The lowest BCUT2D eigenvalue weighted by molar-refractivity contribution is -0.134. The third-order valence-corrected chi connectivity index (χ3v) is 5.26. The highest BCUT2D eigenvalue weighted by molar-refractivity contribution is 6.08. The molecule has 0 N–H and O–H groups in total. The molecule has 0 unspecified atom stereocenters. The van der Waals surface area contributed by atoms with Crippen LogP contribution in [0.5, 0.6) is 5.75 Å². The summed E-state index contributed by atoms with van der Waals surface area (Å²) < 4.78 is 19.2. The van der Waals surface area contributed by atoms with Crippen molar-refractivity contribution in [2.45, 2.75) is 97.4 Å². The third kappa shape index (κ3) is 10.5. The van der Waals surface area contributed by atoms with E-state index in [-0.39, 0.29) is 29.7 Å². The lowest BCUT2D eigenvalue weighted by Crippen LogP contribution is -2.33. The summed E-state index contributed by atoms with van der Waals surface area (Å²) in [5.74, 6) is 0.214. The third-order valence-electron chi connectivity index (χ3n) is 5.26. The molecule has 2 aromatic rings. The van der Waals surface area contributed by atoms with Crippen LogP contribution in [0.2, 0.25) is 0 Å². The Morgan fingerprint density at radius 1 is 1.09 bits per heavy atom. The Morgan fingerprint density at radius 3 is 2.42 bits per heavy atom. The fraction of sp³-hybridized carbons (Fsp3) is 0.640. The first-order chi connectivity index (χ1) is 15.5. The monoisotopic (exact) mass is 455 g/mol. The molecule has 7 nitrogen and oxygen atoms in total. The molecule has 180 valence electrons. The Labute approximate surface area is 199 Å². The average Bonchev–Trinajstić information content (AvgIpc) is 3.18. The summed E-state index contributed by atoms with van der Waals surface area (Å²) in [4.78, 5) is 12.1. The number of rotatable bonds is 14. The van der Waals surface area contributed by atoms with Gasteiger partial charge in [-0.05, 0) is 66.5 Å². The van der Waals surface area contributed by atoms with Crippen molar-refractivity contribution in [3.8, 4) is 5.75 Å². The number of hydrogen-bond acceptors (Lipinski definition) is 6. The van der Waals surface area contributed by atoms with Crippen LogP contribution >= 0.6 is 0 Å². The predicted molar refractivity (Wildman–Crippen MR) is 129 cm³/mol. The molecule has 0 saturated heterocycles. The fourth-order valence-corrected chi connectivity index (χ4v) is 3.39. The van der Waals surface area contributed by atoms with Gasteiger partial charge in [-0.2, -0.15) is 0 Å². The van der Waals surface area contributed by atoms with Crippen LogP contribution in [0.25, 0.3) is 0 Å². The summed E-state index contributed by atoms with van der Waals surface area (Å²) in [6, 6.07) is 7.19. The lowest BCUT2D eigenvalue weighted by Gasteiger charge is -2.31. The van der Waals surface area contributed by atoms with E-state index in [1.165, 1.54) is 0 Å². The molecule has 0 spiro atoms. The molecule has 0 aliphatic heterocycles. The minimum absolute atomic E-state index is 0.194. The van der Waals surface area contributed by atoms with Gasteiger partial charge in [-0.15, -0.1) is 5.10 Å². The Hall–Kier alpha value is -2.19. The second kappa shape index (κ2) is 12.3. The number of carbonyl (C=O) groups excluding carboxylic acids is 1. The lowest BCUT2D eigenvalue weighted by atomic mass is 9.97. The maximum absolute atomic E-state index is 12.1. The van der Waals surface area contributed by atoms with Gasteiger partial charge in [0.2, 0.25) is 0 Å². The Bertz CT molecular complexity index is 863. The first kappa shape index (κ1) is 27.1. The van der Waals surface area contributed by atoms with Gasteiger partial charge in [-0.1, -0.05) is 29.2 Å². The van der Waals surface area contributed by atoms with Gasteiger partial charge in [0, 0.05) is 19.2 Å². The van der Waals surface area contributed by atoms with Gasteiger partial charge in [0.05, 0.1) is 43.9 Å². The van der Waals surface area contributed by atoms with Gasteiger partial charge >= 0.3 is 5.97 Å². The number of aryl methyl sites for hydroxylation is 2. The normalized spacial score (nSPS) is 12.3. The highest BCUT2D eigenvalue weighted by atomic mass is 16.5. The molecule has 2 rings (SSSR count). The predicted octanol–water partition coefficient (Wildman–Crippen LogP) is 4.26. The van der Waals surface area contributed by atoms with E-state index < -0.39 is 0 Å². The Morgan fingerprint density at radius 2 is 1.79 bits per heavy atom. The van der Waals surface area contributed by atoms with E-state index in [0.29, 0.717) is 31.6 Å². The molecule has 8 heteroatoms. The van der Waals surface area contributed by atoms with E-state index in [1.807, 2.05) is 32.2 Å². The van der Waals surface area contributed by atoms with Crippen molar-refractivity contribution in [1.29, 1.82) is 0 Å². The molecule has 0 atom stereocenters. The van der Waals surface area contributed by atoms with Crippen LogP contribution in [-0.2, 0) is 33.6 Å². The molecule has 33 heavy (non-hydrogen) atoms. The Balaban J connectivity index is 1.71. The molecular weight excluding hydrogens is 417 g/mol. The van der Waals surface area contributed by atoms with E-state index in [1.54, 1.807) is 16.8 Å². The van der Waals surface area contributed by atoms with Crippen LogP contribution in [0.3, 0.4) is 0 Å². The van der Waals surface area contributed by atoms with Crippen molar-refractivity contribution >= 4 is 13.8 Å². The number of aromatic nitrogens is 3. The molecule has 1 aromatic carbocycles. The molecule has 0 bridgehead atoms. The van der Waals surface area contributed by atoms with Gasteiger partial charge < -0.3 is 14.2 Å². The van der Waals surface area contributed by atoms with Crippen LogP contribution in [0.1, 0.15) is 72.1 Å². The van der Waals surface area contributed by atoms with Crippen molar-refractivity contribution < 1.29 is 19.0 Å². The summed E-state index contributed by atoms with van der Waals surface area (Å²) in [7, 11) is 5.58. The minimum Gasteiger partial charge on any atom is -0.427 e. The first-order valence-corrected chi connectivity index (χ1v) is 11.7. The molecule has 1 aromatic heterocycles. The zero-order valence-electron chi connectivity index (χ0n) is 21.0. The molecule has 2 radical (unpaired) electrons. The topological polar surface area (TPSA) is 75.5 Å². The minimum atomic E-state index is -0.302. The van der Waals surface area contributed by atoms with Crippen LogP contribution in [0.4, 0.5) is 0 Å². The summed E-state index contributed by atoms with van der Waals surface area (Å²) in [6.45, 7) is 13.7. The maximum Gasteiger partial charge on any atom is 0.311 e. The number of esters is 1. The Kier molecular flexibility index (Phi) is 10.1. The van der Waals surface area contributed by atoms with Crippen LogP contribution < -0.4 is 4.74 Å². The molecular formula is C25H38BN3O4. The maximum atomic E-state index is 12.1. The fourth-order valence-electron chi connectivity index (χ4n) is 3.39. The number of ether oxygens (including phenoxy) is 3. The van der Waals surface area contributed by atoms with E-state index in [9.17, 15) is 4.79 Å². The van der Waals surface area contributed by atoms with Crippen LogP contribution in [-0.4, -0.2) is 52.7 Å². The summed E-state index contributed by atoms with van der Waals surface area (Å²) in [5.41, 5.74) is 1.25. The second-order valence-corrected chi connectivity index (χ2v) is 9.83. The zero-order valence-corrected chi connectivity index (χ0v) is 21.0. The zero-order chi connectivity index (χ0) is 24.5. The van der Waals surface area contributed by atoms with Crippen LogP contribution in [0.15, 0.2) is 30.5 Å². The first-order valence-electron chi connectivity index (χ1n) is 11.7. The largest absolute Gasteiger partial charge is 0.427 e. The van der Waals surface area contributed by atoms with E-state index >= 15 is 0 Å². The van der Waals surface area contributed by atoms with E-state index in [2.05, 4.69) is 38.0 Å². The van der Waals surface area contributed by atoms with Crippen molar-refractivity contribution in [1.82, 2.24) is 15.0 Å². The summed E-state index contributed by atoms with van der Waals surface area (Å²) in [6.07, 6.45) is 4.86. The van der Waals surface area contributed by atoms with Crippen LogP contribution in [0, 0.1) is 0 Å². The van der Waals surface area contributed by atoms with Crippen molar-refractivity contribution in [2.24, 2.45) is 0 Å². The number of carbonyl (C=O) groups is 1. The van der Waals surface area contributed by atoms with Crippen molar-refractivity contribution in [3.63, 3.8) is 0 Å². The number of benzene rings is 1. The van der Waals surface area contributed by atoms with Gasteiger partial charge in [-0.25, -0.2) is 0 Å². The molecule has 0 aliphatic carbocycles. The smallest absolute Gasteiger partial charge is 0.311 e.